The zero-order chi connectivity index (χ0) is 35.4. The maximum atomic E-state index is 12.7. The largest absolute Gasteiger partial charge is 0.492 e. The van der Waals surface area contributed by atoms with Crippen molar-refractivity contribution in [1.29, 1.82) is 0 Å². The quantitative estimate of drug-likeness (QED) is 0.133. The van der Waals surface area contributed by atoms with E-state index in [2.05, 4.69) is 0 Å². The summed E-state index contributed by atoms with van der Waals surface area (Å²) in [5.41, 5.74) is -0.711. The normalized spacial score (nSPS) is 10.5. The molecule has 0 spiro atoms. The Kier molecular flexibility index (Phi) is 13.4. The van der Waals surface area contributed by atoms with Gasteiger partial charge in [-0.15, -0.1) is 0 Å². The Morgan fingerprint density at radius 1 is 0.438 bits per heavy atom. The van der Waals surface area contributed by atoms with Crippen molar-refractivity contribution in [3.8, 4) is 23.0 Å². The number of hydrogen-bond acceptors (Lipinski definition) is 10. The molecule has 0 saturated heterocycles. The molecule has 0 bridgehead atoms. The van der Waals surface area contributed by atoms with Crippen molar-refractivity contribution in [3.63, 3.8) is 0 Å². The van der Waals surface area contributed by atoms with Crippen LogP contribution in [0.5, 0.6) is 23.0 Å². The second-order valence-corrected chi connectivity index (χ2v) is 9.69. The molecule has 0 aliphatic carbocycles. The summed E-state index contributed by atoms with van der Waals surface area (Å²) in [6.07, 6.45) is 0. The van der Waals surface area contributed by atoms with Crippen molar-refractivity contribution in [2.75, 3.05) is 39.6 Å². The van der Waals surface area contributed by atoms with Crippen molar-refractivity contribution in [2.45, 2.75) is 41.5 Å². The van der Waals surface area contributed by atoms with Gasteiger partial charge >= 0.3 is 23.9 Å². The molecule has 4 aromatic carbocycles. The summed E-state index contributed by atoms with van der Waals surface area (Å²) in [7, 11) is 0. The topological polar surface area (TPSA) is 164 Å². The predicted molar refractivity (Wildman–Crippen MR) is 178 cm³/mol. The minimum atomic E-state index is -1.37. The highest BCUT2D eigenvalue weighted by atomic mass is 16.5. The summed E-state index contributed by atoms with van der Waals surface area (Å²) in [4.78, 5) is 48.7. The molecule has 0 aliphatic heterocycles. The molecule has 48 heavy (non-hydrogen) atoms. The van der Waals surface area contributed by atoms with Crippen LogP contribution in [-0.4, -0.2) is 73.7 Å². The molecule has 0 amide bonds. The summed E-state index contributed by atoms with van der Waals surface area (Å²) < 4.78 is 32.8. The minimum Gasteiger partial charge on any atom is -0.492 e. The first-order valence-electron chi connectivity index (χ1n) is 15.6. The monoisotopic (exact) mass is 664 g/mol. The van der Waals surface area contributed by atoms with Gasteiger partial charge in [0, 0.05) is 21.5 Å². The molecule has 0 heterocycles. The van der Waals surface area contributed by atoms with E-state index in [0.717, 1.165) is 0 Å². The van der Waals surface area contributed by atoms with Gasteiger partial charge in [0.15, 0.2) is 0 Å². The van der Waals surface area contributed by atoms with Crippen LogP contribution in [-0.2, 0) is 9.47 Å². The fraction of sp³-hybridized carbons (Fsp3) is 0.333. The van der Waals surface area contributed by atoms with Crippen molar-refractivity contribution in [1.82, 2.24) is 0 Å². The lowest BCUT2D eigenvalue weighted by Crippen LogP contribution is -2.18. The highest BCUT2D eigenvalue weighted by molar-refractivity contribution is 6.15. The van der Waals surface area contributed by atoms with Crippen LogP contribution >= 0.6 is 0 Å². The number of esters is 2. The third-order valence-corrected chi connectivity index (χ3v) is 6.78. The van der Waals surface area contributed by atoms with Crippen molar-refractivity contribution in [3.05, 3.63) is 70.8 Å². The van der Waals surface area contributed by atoms with Gasteiger partial charge in [-0.2, -0.15) is 0 Å². The Balaban J connectivity index is 0.000000264. The van der Waals surface area contributed by atoms with Crippen LogP contribution in [0.15, 0.2) is 48.5 Å². The van der Waals surface area contributed by atoms with Gasteiger partial charge < -0.3 is 38.6 Å². The van der Waals surface area contributed by atoms with Crippen LogP contribution in [0.2, 0.25) is 0 Å². The Hall–Kier alpha value is -5.52. The third-order valence-electron chi connectivity index (χ3n) is 6.78. The first kappa shape index (κ1) is 36.9. The van der Waals surface area contributed by atoms with Gasteiger partial charge in [-0.3, -0.25) is 0 Å². The Morgan fingerprint density at radius 2 is 0.688 bits per heavy atom. The summed E-state index contributed by atoms with van der Waals surface area (Å²) >= 11 is 0. The highest BCUT2D eigenvalue weighted by Gasteiger charge is 2.32. The van der Waals surface area contributed by atoms with Crippen LogP contribution in [0.4, 0.5) is 0 Å². The van der Waals surface area contributed by atoms with Crippen molar-refractivity contribution >= 4 is 45.4 Å². The standard InChI is InChI=1S/C20H24O6.C16H16O6/c1-5-23-17-13-11-9-10-12-14(13)18(24-6-2)16(20(22)26-8-4)15(17)19(21)25-7-3;1-3-21-13-9-7-5-6-8-10(9)14(22-4-2)12(16(19)20)11(13)15(17)18/h9-12H,5-8H2,1-4H3;5-8H,3-4H2,1-2H3,(H,17,18)(H,19,20). The van der Waals surface area contributed by atoms with E-state index in [4.69, 9.17) is 28.4 Å². The molecule has 0 unspecified atom stereocenters. The van der Waals surface area contributed by atoms with Gasteiger partial charge in [0.2, 0.25) is 0 Å². The highest BCUT2D eigenvalue weighted by Crippen LogP contribution is 2.43. The van der Waals surface area contributed by atoms with Crippen molar-refractivity contribution in [2.24, 2.45) is 0 Å². The number of ether oxygens (including phenoxy) is 6. The molecule has 0 saturated carbocycles. The van der Waals surface area contributed by atoms with Gasteiger partial charge in [-0.1, -0.05) is 48.5 Å². The number of carbonyl (C=O) groups is 4. The minimum absolute atomic E-state index is 0.0364. The molecule has 0 radical (unpaired) electrons. The lowest BCUT2D eigenvalue weighted by Gasteiger charge is -2.20. The lowest BCUT2D eigenvalue weighted by atomic mass is 9.97. The second kappa shape index (κ2) is 17.4. The molecular formula is C36H40O12. The van der Waals surface area contributed by atoms with E-state index in [-0.39, 0.29) is 49.1 Å². The second-order valence-electron chi connectivity index (χ2n) is 9.69. The van der Waals surface area contributed by atoms with E-state index >= 15 is 0 Å². The first-order valence-corrected chi connectivity index (χ1v) is 15.6. The molecule has 4 rings (SSSR count). The molecule has 2 N–H and O–H groups in total. The number of aromatic carboxylic acids is 2. The fourth-order valence-electron chi connectivity index (χ4n) is 5.13. The number of hydrogen-bond donors (Lipinski definition) is 2. The molecule has 12 nitrogen and oxygen atoms in total. The molecule has 0 aliphatic rings. The lowest BCUT2D eigenvalue weighted by molar-refractivity contribution is 0.0471. The predicted octanol–water partition coefficient (Wildman–Crippen LogP) is 7.02. The molecule has 0 fully saturated rings. The Morgan fingerprint density at radius 3 is 0.896 bits per heavy atom. The van der Waals surface area contributed by atoms with Crippen molar-refractivity contribution < 1.29 is 57.8 Å². The Labute approximate surface area is 278 Å². The smallest absolute Gasteiger partial charge is 0.342 e. The molecule has 4 aromatic rings. The average Bonchev–Trinajstić information content (AvgIpc) is 3.06. The van der Waals surface area contributed by atoms with Gasteiger partial charge in [-0.05, 0) is 41.5 Å². The average molecular weight is 665 g/mol. The maximum absolute atomic E-state index is 12.7. The third kappa shape index (κ3) is 7.71. The number of carboxylic acid groups (broad SMARTS) is 2. The first-order chi connectivity index (χ1) is 23.1. The van der Waals surface area contributed by atoms with Gasteiger partial charge in [0.25, 0.3) is 0 Å². The van der Waals surface area contributed by atoms with Crippen LogP contribution in [0, 0.1) is 0 Å². The van der Waals surface area contributed by atoms with E-state index in [9.17, 15) is 29.4 Å². The number of fused-ring (bicyclic) bond motifs is 2. The molecule has 0 aromatic heterocycles. The van der Waals surface area contributed by atoms with Gasteiger partial charge in [0.1, 0.15) is 45.3 Å². The van der Waals surface area contributed by atoms with Crippen LogP contribution < -0.4 is 18.9 Å². The van der Waals surface area contributed by atoms with Crippen LogP contribution in [0.1, 0.15) is 83.0 Å². The number of benzene rings is 4. The number of rotatable bonds is 14. The summed E-state index contributed by atoms with van der Waals surface area (Å²) in [6.45, 7) is 11.9. The maximum Gasteiger partial charge on any atom is 0.342 e. The van der Waals surface area contributed by atoms with E-state index in [1.165, 1.54) is 0 Å². The Bertz CT molecular complexity index is 1660. The zero-order valence-corrected chi connectivity index (χ0v) is 27.8. The SMILES string of the molecule is CCOC(=O)c1c(C(=O)OCC)c(OCC)c2ccccc2c1OCC.CCOc1c(C(=O)O)c(C(=O)O)c(OCC)c2ccccc12. The van der Waals surface area contributed by atoms with E-state index in [0.29, 0.717) is 46.3 Å². The fourth-order valence-corrected chi connectivity index (χ4v) is 5.13. The van der Waals surface area contributed by atoms with E-state index in [1.807, 2.05) is 38.1 Å². The van der Waals surface area contributed by atoms with Gasteiger partial charge in [0.05, 0.1) is 39.6 Å². The van der Waals surface area contributed by atoms with E-state index < -0.39 is 35.0 Å². The zero-order valence-electron chi connectivity index (χ0n) is 27.8. The summed E-state index contributed by atoms with van der Waals surface area (Å²) in [5, 5.41) is 21.3. The molecule has 12 heteroatoms. The van der Waals surface area contributed by atoms with Crippen LogP contribution in [0.25, 0.3) is 21.5 Å². The van der Waals surface area contributed by atoms with Crippen LogP contribution in [0.3, 0.4) is 0 Å². The number of carboxylic acids is 2. The van der Waals surface area contributed by atoms with E-state index in [1.54, 1.807) is 52.0 Å². The number of carbonyl (C=O) groups excluding carboxylic acids is 2. The van der Waals surface area contributed by atoms with Gasteiger partial charge in [-0.25, -0.2) is 19.2 Å². The molecular weight excluding hydrogens is 624 g/mol. The summed E-state index contributed by atoms with van der Waals surface area (Å²) in [6, 6.07) is 14.1. The molecule has 256 valence electrons. The summed E-state index contributed by atoms with van der Waals surface area (Å²) in [5.74, 6) is -3.34. The molecule has 0 atom stereocenters.